The zero-order valence-corrected chi connectivity index (χ0v) is 10.7. The van der Waals surface area contributed by atoms with Crippen LogP contribution in [0.4, 0.5) is 0 Å². The molecule has 0 bridgehead atoms. The summed E-state index contributed by atoms with van der Waals surface area (Å²) in [5.74, 6) is 6.15. The van der Waals surface area contributed by atoms with E-state index in [0.717, 1.165) is 16.5 Å². The summed E-state index contributed by atoms with van der Waals surface area (Å²) >= 11 is 5.56. The SMILES string of the molecule is COC(=O)c1cc2ccc(C#CCCCl)cc2[nH]1. The number of ether oxygens (including phenoxy) is 1. The number of esters is 1. The van der Waals surface area contributed by atoms with Crippen molar-refractivity contribution in [1.82, 2.24) is 4.98 Å². The van der Waals surface area contributed by atoms with Crippen molar-refractivity contribution in [2.45, 2.75) is 6.42 Å². The maximum atomic E-state index is 11.4. The highest BCUT2D eigenvalue weighted by atomic mass is 35.5. The van der Waals surface area contributed by atoms with Gasteiger partial charge in [-0.1, -0.05) is 17.9 Å². The van der Waals surface area contributed by atoms with E-state index in [0.29, 0.717) is 18.0 Å². The number of fused-ring (bicyclic) bond motifs is 1. The third-order valence-electron chi connectivity index (χ3n) is 2.48. The molecule has 0 saturated carbocycles. The van der Waals surface area contributed by atoms with E-state index < -0.39 is 0 Å². The number of hydrogen-bond acceptors (Lipinski definition) is 2. The van der Waals surface area contributed by atoms with Crippen LogP contribution in [0, 0.1) is 11.8 Å². The monoisotopic (exact) mass is 261 g/mol. The molecule has 18 heavy (non-hydrogen) atoms. The molecule has 0 aliphatic heterocycles. The van der Waals surface area contributed by atoms with Gasteiger partial charge in [-0.3, -0.25) is 0 Å². The molecule has 0 amide bonds. The van der Waals surface area contributed by atoms with Crippen LogP contribution in [0.5, 0.6) is 0 Å². The van der Waals surface area contributed by atoms with Crippen LogP contribution in [0.25, 0.3) is 10.9 Å². The fourth-order valence-electron chi connectivity index (χ4n) is 1.64. The smallest absolute Gasteiger partial charge is 0.354 e. The van der Waals surface area contributed by atoms with Crippen molar-refractivity contribution in [3.05, 3.63) is 35.5 Å². The van der Waals surface area contributed by atoms with Crippen LogP contribution in [0.15, 0.2) is 24.3 Å². The first-order chi connectivity index (χ1) is 8.74. The predicted molar refractivity (Wildman–Crippen MR) is 71.9 cm³/mol. The Balaban J connectivity index is 2.34. The molecule has 0 saturated heterocycles. The number of methoxy groups -OCH3 is 1. The van der Waals surface area contributed by atoms with Gasteiger partial charge in [0.2, 0.25) is 0 Å². The minimum atomic E-state index is -0.374. The number of H-pyrrole nitrogens is 1. The summed E-state index contributed by atoms with van der Waals surface area (Å²) in [6.45, 7) is 0. The normalized spacial score (nSPS) is 9.89. The molecule has 2 aromatic rings. The van der Waals surface area contributed by atoms with Gasteiger partial charge in [0, 0.05) is 28.8 Å². The summed E-state index contributed by atoms with van der Waals surface area (Å²) in [6, 6.07) is 7.50. The molecule has 0 spiro atoms. The van der Waals surface area contributed by atoms with Gasteiger partial charge in [0.15, 0.2) is 0 Å². The van der Waals surface area contributed by atoms with E-state index in [9.17, 15) is 4.79 Å². The third kappa shape index (κ3) is 2.66. The number of benzene rings is 1. The number of nitrogens with one attached hydrogen (secondary N) is 1. The number of hydrogen-bond donors (Lipinski definition) is 1. The summed E-state index contributed by atoms with van der Waals surface area (Å²) in [5.41, 5.74) is 2.21. The molecule has 92 valence electrons. The molecular weight excluding hydrogens is 250 g/mol. The third-order valence-corrected chi connectivity index (χ3v) is 2.67. The second-order valence-corrected chi connectivity index (χ2v) is 4.10. The van der Waals surface area contributed by atoms with Gasteiger partial charge >= 0.3 is 5.97 Å². The van der Waals surface area contributed by atoms with Crippen LogP contribution in [0.1, 0.15) is 22.5 Å². The number of halogens is 1. The van der Waals surface area contributed by atoms with E-state index in [1.54, 1.807) is 6.07 Å². The molecule has 3 nitrogen and oxygen atoms in total. The average molecular weight is 262 g/mol. The van der Waals surface area contributed by atoms with Crippen LogP contribution < -0.4 is 0 Å². The van der Waals surface area contributed by atoms with Gasteiger partial charge in [0.25, 0.3) is 0 Å². The highest BCUT2D eigenvalue weighted by molar-refractivity contribution is 6.18. The number of carbonyl (C=O) groups excluding carboxylic acids is 1. The van der Waals surface area contributed by atoms with Gasteiger partial charge in [-0.15, -0.1) is 11.6 Å². The molecular formula is C14H12ClNO2. The summed E-state index contributed by atoms with van der Waals surface area (Å²) < 4.78 is 4.66. The molecule has 0 fully saturated rings. The standard InChI is InChI=1S/C14H12ClNO2/c1-18-14(17)13-9-11-6-5-10(4-2-3-7-15)8-12(11)16-13/h5-6,8-9,16H,3,7H2,1H3. The Morgan fingerprint density at radius 3 is 3.00 bits per heavy atom. The van der Waals surface area contributed by atoms with Crippen LogP contribution in [-0.4, -0.2) is 23.9 Å². The second-order valence-electron chi connectivity index (χ2n) is 3.72. The molecule has 0 aliphatic carbocycles. The Hall–Kier alpha value is -1.92. The van der Waals surface area contributed by atoms with E-state index in [4.69, 9.17) is 11.6 Å². The quantitative estimate of drug-likeness (QED) is 0.513. The first-order valence-electron chi connectivity index (χ1n) is 5.50. The average Bonchev–Trinajstić information content (AvgIpc) is 2.81. The number of carbonyl (C=O) groups is 1. The Kier molecular flexibility index (Phi) is 3.91. The molecule has 1 N–H and O–H groups in total. The maximum absolute atomic E-state index is 11.4. The summed E-state index contributed by atoms with van der Waals surface area (Å²) in [6.07, 6.45) is 0.664. The predicted octanol–water partition coefficient (Wildman–Crippen LogP) is 2.93. The van der Waals surface area contributed by atoms with E-state index in [1.807, 2.05) is 18.2 Å². The fraction of sp³-hybridized carbons (Fsp3) is 0.214. The minimum Gasteiger partial charge on any atom is -0.464 e. The molecule has 1 aromatic heterocycles. The largest absolute Gasteiger partial charge is 0.464 e. The molecule has 1 heterocycles. The Labute approximate surface area is 110 Å². The summed E-state index contributed by atoms with van der Waals surface area (Å²) in [4.78, 5) is 14.4. The maximum Gasteiger partial charge on any atom is 0.354 e. The second kappa shape index (κ2) is 5.61. The zero-order valence-electron chi connectivity index (χ0n) is 9.92. The van der Waals surface area contributed by atoms with E-state index in [2.05, 4.69) is 21.6 Å². The zero-order chi connectivity index (χ0) is 13.0. The Morgan fingerprint density at radius 1 is 1.44 bits per heavy atom. The summed E-state index contributed by atoms with van der Waals surface area (Å²) in [5, 5.41) is 0.957. The van der Waals surface area contributed by atoms with Crippen molar-refractivity contribution >= 4 is 28.5 Å². The van der Waals surface area contributed by atoms with Crippen LogP contribution in [-0.2, 0) is 4.74 Å². The van der Waals surface area contributed by atoms with Crippen LogP contribution >= 0.6 is 11.6 Å². The van der Waals surface area contributed by atoms with Gasteiger partial charge in [-0.05, 0) is 18.2 Å². The van der Waals surface area contributed by atoms with Crippen molar-refractivity contribution in [2.24, 2.45) is 0 Å². The lowest BCUT2D eigenvalue weighted by Crippen LogP contribution is -2.00. The number of aromatic amines is 1. The first kappa shape index (κ1) is 12.5. The van der Waals surface area contributed by atoms with Gasteiger partial charge in [0.05, 0.1) is 7.11 Å². The van der Waals surface area contributed by atoms with Gasteiger partial charge < -0.3 is 9.72 Å². The fourth-order valence-corrected chi connectivity index (χ4v) is 1.73. The van der Waals surface area contributed by atoms with Crippen LogP contribution in [0.2, 0.25) is 0 Å². The van der Waals surface area contributed by atoms with Gasteiger partial charge in [-0.2, -0.15) is 0 Å². The molecule has 4 heteroatoms. The molecule has 0 aliphatic rings. The lowest BCUT2D eigenvalue weighted by Gasteiger charge is -1.92. The van der Waals surface area contributed by atoms with E-state index >= 15 is 0 Å². The minimum absolute atomic E-state index is 0.374. The lowest BCUT2D eigenvalue weighted by molar-refractivity contribution is 0.0595. The number of alkyl halides is 1. The molecule has 0 atom stereocenters. The lowest BCUT2D eigenvalue weighted by atomic mass is 10.1. The molecule has 0 unspecified atom stereocenters. The number of rotatable bonds is 2. The van der Waals surface area contributed by atoms with E-state index in [-0.39, 0.29) is 5.97 Å². The van der Waals surface area contributed by atoms with Crippen molar-refractivity contribution < 1.29 is 9.53 Å². The van der Waals surface area contributed by atoms with Crippen molar-refractivity contribution in [1.29, 1.82) is 0 Å². The van der Waals surface area contributed by atoms with Crippen molar-refractivity contribution in [3.8, 4) is 11.8 Å². The van der Waals surface area contributed by atoms with E-state index in [1.165, 1.54) is 7.11 Å². The first-order valence-corrected chi connectivity index (χ1v) is 6.04. The van der Waals surface area contributed by atoms with Gasteiger partial charge in [-0.25, -0.2) is 4.79 Å². The summed E-state index contributed by atoms with van der Waals surface area (Å²) in [7, 11) is 1.36. The van der Waals surface area contributed by atoms with Crippen LogP contribution in [0.3, 0.4) is 0 Å². The molecule has 0 radical (unpaired) electrons. The highest BCUT2D eigenvalue weighted by Crippen LogP contribution is 2.17. The Bertz CT molecular complexity index is 634. The van der Waals surface area contributed by atoms with Gasteiger partial charge in [0.1, 0.15) is 5.69 Å². The Morgan fingerprint density at radius 2 is 2.28 bits per heavy atom. The number of aromatic nitrogens is 1. The van der Waals surface area contributed by atoms with Crippen molar-refractivity contribution in [2.75, 3.05) is 13.0 Å². The molecule has 2 rings (SSSR count). The van der Waals surface area contributed by atoms with Crippen molar-refractivity contribution in [3.63, 3.8) is 0 Å². The highest BCUT2D eigenvalue weighted by Gasteiger charge is 2.08. The molecule has 1 aromatic carbocycles. The topological polar surface area (TPSA) is 42.1 Å².